The fourth-order valence-electron chi connectivity index (χ4n) is 9.06. The zero-order valence-corrected chi connectivity index (χ0v) is 32.4. The highest BCUT2D eigenvalue weighted by Crippen LogP contribution is 2.60. The second-order valence-electron chi connectivity index (χ2n) is 15.9. The van der Waals surface area contributed by atoms with Crippen molar-refractivity contribution < 1.29 is 28.3 Å². The fraction of sp³-hybridized carbons (Fsp3) is 0.564. The first-order valence-electron chi connectivity index (χ1n) is 19.4. The number of nitrogens with zero attached hydrogens (tertiary/aromatic N) is 4. The SMILES string of the molecule is C[C@@H]1[C@@H]([Si](C)(C)F)[C@H](CCn2cc(CCO)nn2)O[C@@]12C(=O)N(Cc1cccc(NC(=O)C3CCCNC3)c1)c1ccc(NC(=O)C3CCCNC3)cc12. The van der Waals surface area contributed by atoms with Crippen molar-refractivity contribution in [3.8, 4) is 0 Å². The Bertz CT molecular complexity index is 1840. The largest absolute Gasteiger partial charge is 0.396 e. The maximum absolute atomic E-state index is 16.5. The minimum Gasteiger partial charge on any atom is -0.396 e. The predicted octanol–water partition coefficient (Wildman–Crippen LogP) is 4.10. The molecule has 4 aliphatic rings. The monoisotopic (exact) mass is 760 g/mol. The van der Waals surface area contributed by atoms with E-state index in [0.29, 0.717) is 60.8 Å². The molecule has 15 heteroatoms. The van der Waals surface area contributed by atoms with Crippen molar-refractivity contribution in [3.05, 3.63) is 65.5 Å². The summed E-state index contributed by atoms with van der Waals surface area (Å²) in [6.45, 7) is 8.91. The molecule has 4 aliphatic heterocycles. The third-order valence-electron chi connectivity index (χ3n) is 11.7. The Morgan fingerprint density at radius 2 is 1.72 bits per heavy atom. The second-order valence-corrected chi connectivity index (χ2v) is 19.7. The number of carbonyl (C=O) groups excluding carboxylic acids is 3. The number of aromatic nitrogens is 3. The summed E-state index contributed by atoms with van der Waals surface area (Å²) in [5, 5.41) is 30.4. The number of carbonyl (C=O) groups is 3. The molecule has 7 rings (SSSR count). The third kappa shape index (κ3) is 7.74. The number of fused-ring (bicyclic) bond motifs is 2. The maximum atomic E-state index is 16.5. The van der Waals surface area contributed by atoms with Crippen LogP contribution in [-0.2, 0) is 44.2 Å². The van der Waals surface area contributed by atoms with Crippen LogP contribution in [0.4, 0.5) is 21.2 Å². The van der Waals surface area contributed by atoms with Crippen molar-refractivity contribution in [1.29, 1.82) is 0 Å². The lowest BCUT2D eigenvalue weighted by Gasteiger charge is -2.31. The number of piperidine rings is 2. The van der Waals surface area contributed by atoms with Gasteiger partial charge in [-0.3, -0.25) is 19.1 Å². The quantitative estimate of drug-likeness (QED) is 0.135. The summed E-state index contributed by atoms with van der Waals surface area (Å²) in [4.78, 5) is 43.2. The number of hydrogen-bond acceptors (Lipinski definition) is 9. The lowest BCUT2D eigenvalue weighted by molar-refractivity contribution is -0.146. The number of hydrogen-bond donors (Lipinski definition) is 5. The van der Waals surface area contributed by atoms with Crippen LogP contribution < -0.4 is 26.2 Å². The minimum atomic E-state index is -3.43. The minimum absolute atomic E-state index is 0.0294. The van der Waals surface area contributed by atoms with E-state index in [1.165, 1.54) is 0 Å². The summed E-state index contributed by atoms with van der Waals surface area (Å²) < 4.78 is 25.2. The molecule has 3 saturated heterocycles. The first kappa shape index (κ1) is 38.3. The van der Waals surface area contributed by atoms with Crippen molar-refractivity contribution in [2.45, 2.75) is 88.9 Å². The van der Waals surface area contributed by atoms with Gasteiger partial charge in [-0.25, -0.2) is 0 Å². The highest BCUT2D eigenvalue weighted by atomic mass is 28.4. The van der Waals surface area contributed by atoms with Gasteiger partial charge in [0.25, 0.3) is 5.91 Å². The number of halogens is 1. The molecular formula is C39H53FN8O5Si. The third-order valence-corrected chi connectivity index (χ3v) is 14.2. The molecule has 6 atom stereocenters. The number of amides is 3. The Labute approximate surface area is 317 Å². The molecular weight excluding hydrogens is 708 g/mol. The molecule has 1 spiro atoms. The smallest absolute Gasteiger partial charge is 0.264 e. The molecule has 13 nitrogen and oxygen atoms in total. The van der Waals surface area contributed by atoms with E-state index in [4.69, 9.17) is 4.74 Å². The number of aryl methyl sites for hydroxylation is 1. The summed E-state index contributed by atoms with van der Waals surface area (Å²) >= 11 is 0. The van der Waals surface area contributed by atoms with Gasteiger partial charge in [-0.05, 0) is 94.2 Å². The Hall–Kier alpha value is -4.02. The fourth-order valence-corrected chi connectivity index (χ4v) is 11.6. The van der Waals surface area contributed by atoms with Gasteiger partial charge in [0.1, 0.15) is 0 Å². The standard InChI is InChI=1S/C39H53FN8O5Si/c1-25-35(54(2,3)40)34(13-17-47-24-31(14-18-49)45-46-47)53-39(25)32-20-30(44-37(51)28-9-6-16-42-22-28)11-12-33(32)48(38(39)52)23-26-7-4-10-29(19-26)43-36(50)27-8-5-15-41-21-27/h4,7,10-12,19-20,24-25,27-28,34-35,41-42,49H,5-6,8-9,13-18,21-23H2,1-3H3,(H,43,50)(H,44,51)/t25-,27?,28?,34+,35-,39+/m1/s1. The van der Waals surface area contributed by atoms with Gasteiger partial charge in [0.15, 0.2) is 5.60 Å². The molecule has 2 aromatic carbocycles. The van der Waals surface area contributed by atoms with Crippen LogP contribution in [0.1, 0.15) is 55.8 Å². The molecule has 2 unspecified atom stereocenters. The molecule has 3 fully saturated rings. The molecule has 0 bridgehead atoms. The van der Waals surface area contributed by atoms with E-state index in [-0.39, 0.29) is 42.7 Å². The Morgan fingerprint density at radius 1 is 1.04 bits per heavy atom. The molecule has 3 aromatic rings. The van der Waals surface area contributed by atoms with E-state index in [9.17, 15) is 14.7 Å². The maximum Gasteiger partial charge on any atom is 0.264 e. The summed E-state index contributed by atoms with van der Waals surface area (Å²) in [5.41, 5.74) is 1.96. The summed E-state index contributed by atoms with van der Waals surface area (Å²) in [6.07, 6.45) is 5.48. The molecule has 0 radical (unpaired) electrons. The van der Waals surface area contributed by atoms with Gasteiger partial charge >= 0.3 is 0 Å². The van der Waals surface area contributed by atoms with Crippen LogP contribution in [0, 0.1) is 17.8 Å². The van der Waals surface area contributed by atoms with Crippen LogP contribution in [0.15, 0.2) is 48.7 Å². The van der Waals surface area contributed by atoms with Crippen LogP contribution in [-0.4, -0.2) is 85.1 Å². The van der Waals surface area contributed by atoms with Gasteiger partial charge in [0.2, 0.25) is 20.2 Å². The van der Waals surface area contributed by atoms with E-state index in [1.807, 2.05) is 49.4 Å². The lowest BCUT2D eigenvalue weighted by Crippen LogP contribution is -2.45. The second kappa shape index (κ2) is 16.0. The van der Waals surface area contributed by atoms with E-state index >= 15 is 8.90 Å². The number of rotatable bonds is 12. The van der Waals surface area contributed by atoms with Gasteiger partial charge in [0.05, 0.1) is 35.9 Å². The molecule has 5 heterocycles. The molecule has 290 valence electrons. The summed E-state index contributed by atoms with van der Waals surface area (Å²) in [6, 6.07) is 13.1. The van der Waals surface area contributed by atoms with Gasteiger partial charge < -0.3 is 40.1 Å². The van der Waals surface area contributed by atoms with Gasteiger partial charge in [-0.1, -0.05) is 24.3 Å². The highest BCUT2D eigenvalue weighted by Gasteiger charge is 2.66. The van der Waals surface area contributed by atoms with E-state index < -0.39 is 31.6 Å². The number of aliphatic hydroxyl groups excluding tert-OH is 1. The molecule has 1 aromatic heterocycles. The number of aliphatic hydroxyl groups is 1. The van der Waals surface area contributed by atoms with E-state index in [2.05, 4.69) is 31.6 Å². The van der Waals surface area contributed by atoms with Gasteiger partial charge in [0, 0.05) is 67.3 Å². The zero-order valence-electron chi connectivity index (χ0n) is 31.4. The number of ether oxygens (including phenoxy) is 1. The van der Waals surface area contributed by atoms with Crippen LogP contribution in [0.3, 0.4) is 0 Å². The molecule has 0 saturated carbocycles. The number of benzene rings is 2. The summed E-state index contributed by atoms with van der Waals surface area (Å²) in [5.74, 6) is -1.17. The predicted molar refractivity (Wildman–Crippen MR) is 206 cm³/mol. The van der Waals surface area contributed by atoms with Gasteiger partial charge in [-0.15, -0.1) is 5.10 Å². The van der Waals surface area contributed by atoms with Crippen molar-refractivity contribution in [3.63, 3.8) is 0 Å². The van der Waals surface area contributed by atoms with Crippen molar-refractivity contribution in [2.75, 3.05) is 48.3 Å². The molecule has 54 heavy (non-hydrogen) atoms. The molecule has 0 aliphatic carbocycles. The number of nitrogens with one attached hydrogen (secondary N) is 4. The van der Waals surface area contributed by atoms with E-state index in [0.717, 1.165) is 44.3 Å². The topological polar surface area (TPSA) is 163 Å². The van der Waals surface area contributed by atoms with Crippen LogP contribution >= 0.6 is 0 Å². The van der Waals surface area contributed by atoms with Crippen molar-refractivity contribution >= 4 is 43.2 Å². The Kier molecular flexibility index (Phi) is 11.3. The number of anilines is 3. The average molecular weight is 761 g/mol. The molecule has 5 N–H and O–H groups in total. The Morgan fingerprint density at radius 3 is 2.35 bits per heavy atom. The first-order chi connectivity index (χ1) is 26.0. The van der Waals surface area contributed by atoms with Crippen LogP contribution in [0.5, 0.6) is 0 Å². The average Bonchev–Trinajstić information content (AvgIpc) is 3.81. The normalized spacial score (nSPS) is 26.9. The first-order valence-corrected chi connectivity index (χ1v) is 22.4. The lowest BCUT2D eigenvalue weighted by atomic mass is 9.82. The zero-order chi connectivity index (χ0) is 38.0. The summed E-state index contributed by atoms with van der Waals surface area (Å²) in [7, 11) is -3.43. The van der Waals surface area contributed by atoms with Crippen molar-refractivity contribution in [1.82, 2.24) is 25.6 Å². The van der Waals surface area contributed by atoms with Crippen LogP contribution in [0.25, 0.3) is 0 Å². The molecule has 3 amide bonds. The highest BCUT2D eigenvalue weighted by molar-refractivity contribution is 6.72. The van der Waals surface area contributed by atoms with Gasteiger partial charge in [-0.2, -0.15) is 0 Å². The van der Waals surface area contributed by atoms with Crippen LogP contribution in [0.2, 0.25) is 18.6 Å². The van der Waals surface area contributed by atoms with E-state index in [1.54, 1.807) is 28.9 Å². The van der Waals surface area contributed by atoms with Crippen molar-refractivity contribution in [2.24, 2.45) is 17.8 Å². The Balaban J connectivity index is 1.20.